The molecule has 0 fully saturated rings. The van der Waals surface area contributed by atoms with Crippen LogP contribution in [-0.4, -0.2) is 45.0 Å². The van der Waals surface area contributed by atoms with Gasteiger partial charge in [-0.05, 0) is 33.1 Å². The van der Waals surface area contributed by atoms with Crippen LogP contribution >= 0.6 is 24.0 Å². The molecule has 2 N–H and O–H groups in total. The van der Waals surface area contributed by atoms with Gasteiger partial charge in [-0.15, -0.1) is 24.0 Å². The second-order valence-corrected chi connectivity index (χ2v) is 9.48. The first-order valence-corrected chi connectivity index (χ1v) is 9.55. The maximum Gasteiger partial charge on any atom is 0.191 e. The minimum absolute atomic E-state index is 0. The molecule has 0 aliphatic rings. The first kappa shape index (κ1) is 24.2. The van der Waals surface area contributed by atoms with Gasteiger partial charge in [0.2, 0.25) is 0 Å². The van der Waals surface area contributed by atoms with Crippen LogP contribution in [0.1, 0.15) is 53.9 Å². The van der Waals surface area contributed by atoms with Crippen LogP contribution in [0.4, 0.5) is 0 Å². The lowest BCUT2D eigenvalue weighted by atomic mass is 10.0. The number of halogens is 1. The average Bonchev–Trinajstić information content (AvgIpc) is 2.32. The Bertz CT molecular complexity index is 434. The van der Waals surface area contributed by atoms with E-state index in [0.717, 1.165) is 12.3 Å². The fourth-order valence-corrected chi connectivity index (χ4v) is 2.09. The molecule has 0 aliphatic heterocycles. The molecular weight excluding hydrogens is 413 g/mol. The maximum absolute atomic E-state index is 11.7. The Hall–Kier alpha value is -0.0500. The number of hydrogen-bond acceptors (Lipinski definition) is 3. The van der Waals surface area contributed by atoms with E-state index in [1.54, 1.807) is 20.9 Å². The van der Waals surface area contributed by atoms with Gasteiger partial charge < -0.3 is 10.6 Å². The lowest BCUT2D eigenvalue weighted by Gasteiger charge is -2.25. The highest BCUT2D eigenvalue weighted by molar-refractivity contribution is 14.0. The van der Waals surface area contributed by atoms with Gasteiger partial charge in [0.15, 0.2) is 15.8 Å². The van der Waals surface area contributed by atoms with Crippen molar-refractivity contribution in [3.63, 3.8) is 0 Å². The third-order valence-corrected chi connectivity index (χ3v) is 5.86. The molecule has 0 saturated heterocycles. The van der Waals surface area contributed by atoms with Crippen molar-refractivity contribution in [2.45, 2.75) is 64.7 Å². The van der Waals surface area contributed by atoms with E-state index in [9.17, 15) is 8.42 Å². The summed E-state index contributed by atoms with van der Waals surface area (Å²) in [6.45, 7) is 10.3. The van der Waals surface area contributed by atoms with Crippen molar-refractivity contribution >= 4 is 39.8 Å². The molecule has 0 spiro atoms. The van der Waals surface area contributed by atoms with Crippen LogP contribution in [-0.2, 0) is 9.84 Å². The Labute approximate surface area is 154 Å². The zero-order valence-corrected chi connectivity index (χ0v) is 18.2. The van der Waals surface area contributed by atoms with Crippen molar-refractivity contribution in [3.8, 4) is 0 Å². The van der Waals surface area contributed by atoms with Crippen LogP contribution in [0, 0.1) is 5.92 Å². The second-order valence-electron chi connectivity index (χ2n) is 6.83. The summed E-state index contributed by atoms with van der Waals surface area (Å²) in [5, 5.41) is 6.41. The Kier molecular flexibility index (Phi) is 11.7. The molecule has 0 bridgehead atoms. The van der Waals surface area contributed by atoms with Crippen LogP contribution in [0.15, 0.2) is 4.99 Å². The Morgan fingerprint density at radius 2 is 1.73 bits per heavy atom. The van der Waals surface area contributed by atoms with E-state index in [1.165, 1.54) is 19.1 Å². The molecule has 0 heterocycles. The molecule has 0 aromatic heterocycles. The molecule has 0 amide bonds. The molecule has 5 nitrogen and oxygen atoms in total. The SMILES string of the molecule is CN=C(NCC(C)(C)S(C)(=O)=O)NC(C)CCCC(C)C.I. The van der Waals surface area contributed by atoms with Crippen molar-refractivity contribution in [2.75, 3.05) is 19.8 Å². The van der Waals surface area contributed by atoms with Gasteiger partial charge in [-0.25, -0.2) is 8.42 Å². The van der Waals surface area contributed by atoms with E-state index in [1.807, 2.05) is 0 Å². The topological polar surface area (TPSA) is 70.6 Å². The molecule has 7 heteroatoms. The predicted molar refractivity (Wildman–Crippen MR) is 107 cm³/mol. The Balaban J connectivity index is 0. The van der Waals surface area contributed by atoms with Gasteiger partial charge in [-0.2, -0.15) is 0 Å². The van der Waals surface area contributed by atoms with Gasteiger partial charge in [-0.3, -0.25) is 4.99 Å². The van der Waals surface area contributed by atoms with Gasteiger partial charge in [0, 0.05) is 25.9 Å². The molecule has 0 saturated carbocycles. The van der Waals surface area contributed by atoms with Gasteiger partial charge in [-0.1, -0.05) is 26.7 Å². The minimum atomic E-state index is -3.10. The zero-order chi connectivity index (χ0) is 16.7. The number of guanidine groups is 1. The molecule has 1 atom stereocenters. The summed E-state index contributed by atoms with van der Waals surface area (Å²) in [6.07, 6.45) is 4.74. The number of aliphatic imine (C=N–C) groups is 1. The third kappa shape index (κ3) is 9.86. The number of hydrogen-bond donors (Lipinski definition) is 2. The first-order chi connectivity index (χ1) is 9.49. The van der Waals surface area contributed by atoms with E-state index in [4.69, 9.17) is 0 Å². The summed E-state index contributed by atoms with van der Waals surface area (Å²) in [4.78, 5) is 4.16. The summed E-state index contributed by atoms with van der Waals surface area (Å²) in [5.74, 6) is 1.38. The molecule has 134 valence electrons. The molecule has 0 aromatic carbocycles. The maximum atomic E-state index is 11.7. The lowest BCUT2D eigenvalue weighted by Crippen LogP contribution is -2.49. The number of nitrogens with zero attached hydrogens (tertiary/aromatic N) is 1. The molecule has 0 radical (unpaired) electrons. The Morgan fingerprint density at radius 1 is 1.18 bits per heavy atom. The fourth-order valence-electron chi connectivity index (χ4n) is 1.76. The van der Waals surface area contributed by atoms with Gasteiger partial charge in [0.1, 0.15) is 0 Å². The van der Waals surface area contributed by atoms with Crippen molar-refractivity contribution in [3.05, 3.63) is 0 Å². The molecule has 0 rings (SSSR count). The van der Waals surface area contributed by atoms with Crippen molar-refractivity contribution in [2.24, 2.45) is 10.9 Å². The van der Waals surface area contributed by atoms with Crippen LogP contribution in [0.5, 0.6) is 0 Å². The third-order valence-electron chi connectivity index (χ3n) is 3.71. The summed E-state index contributed by atoms with van der Waals surface area (Å²) >= 11 is 0. The second kappa shape index (κ2) is 10.7. The summed E-state index contributed by atoms with van der Waals surface area (Å²) in [7, 11) is -1.41. The van der Waals surface area contributed by atoms with E-state index < -0.39 is 14.6 Å². The lowest BCUT2D eigenvalue weighted by molar-refractivity contribution is 0.489. The monoisotopic (exact) mass is 447 g/mol. The zero-order valence-electron chi connectivity index (χ0n) is 15.1. The van der Waals surface area contributed by atoms with Crippen LogP contribution in [0.25, 0.3) is 0 Å². The molecule has 1 unspecified atom stereocenters. The summed E-state index contributed by atoms with van der Waals surface area (Å²) in [5.41, 5.74) is 0. The van der Waals surface area contributed by atoms with E-state index in [-0.39, 0.29) is 24.0 Å². The van der Waals surface area contributed by atoms with Gasteiger partial charge in [0.25, 0.3) is 0 Å². The average molecular weight is 447 g/mol. The highest BCUT2D eigenvalue weighted by atomic mass is 127. The van der Waals surface area contributed by atoms with E-state index in [2.05, 4.69) is 36.4 Å². The van der Waals surface area contributed by atoms with Crippen molar-refractivity contribution in [1.82, 2.24) is 10.6 Å². The minimum Gasteiger partial charge on any atom is -0.355 e. The van der Waals surface area contributed by atoms with Gasteiger partial charge in [0.05, 0.1) is 4.75 Å². The number of nitrogens with one attached hydrogen (secondary N) is 2. The standard InChI is InChI=1S/C15H33N3O2S.HI/c1-12(2)9-8-10-13(3)18-14(16-6)17-11-15(4,5)21(7,19)20;/h12-13H,8-11H2,1-7H3,(H2,16,17,18);1H. The largest absolute Gasteiger partial charge is 0.355 e. The van der Waals surface area contributed by atoms with Crippen LogP contribution < -0.4 is 10.6 Å². The number of rotatable bonds is 8. The molecule has 0 aromatic rings. The van der Waals surface area contributed by atoms with E-state index >= 15 is 0 Å². The number of sulfone groups is 1. The molecule has 0 aliphatic carbocycles. The van der Waals surface area contributed by atoms with Crippen molar-refractivity contribution in [1.29, 1.82) is 0 Å². The summed E-state index contributed by atoms with van der Waals surface area (Å²) < 4.78 is 22.5. The fraction of sp³-hybridized carbons (Fsp3) is 0.933. The highest BCUT2D eigenvalue weighted by Gasteiger charge is 2.30. The van der Waals surface area contributed by atoms with Gasteiger partial charge >= 0.3 is 0 Å². The van der Waals surface area contributed by atoms with Crippen molar-refractivity contribution < 1.29 is 8.42 Å². The predicted octanol–water partition coefficient (Wildman–Crippen LogP) is 2.81. The Morgan fingerprint density at radius 3 is 2.14 bits per heavy atom. The van der Waals surface area contributed by atoms with Crippen LogP contribution in [0.3, 0.4) is 0 Å². The molecular formula is C15H34IN3O2S. The molecule has 22 heavy (non-hydrogen) atoms. The first-order valence-electron chi connectivity index (χ1n) is 7.66. The summed E-state index contributed by atoms with van der Waals surface area (Å²) in [6, 6.07) is 0.316. The van der Waals surface area contributed by atoms with Crippen LogP contribution in [0.2, 0.25) is 0 Å². The smallest absolute Gasteiger partial charge is 0.191 e. The highest BCUT2D eigenvalue weighted by Crippen LogP contribution is 2.13. The normalized spacial score (nSPS) is 14.5. The quantitative estimate of drug-likeness (QED) is 0.341. The van der Waals surface area contributed by atoms with E-state index in [0.29, 0.717) is 18.5 Å².